The van der Waals surface area contributed by atoms with Gasteiger partial charge in [0.1, 0.15) is 5.41 Å². The van der Waals surface area contributed by atoms with Crippen LogP contribution in [0.15, 0.2) is 48.5 Å². The lowest BCUT2D eigenvalue weighted by Crippen LogP contribution is -2.65. The smallest absolute Gasteiger partial charge is 0.315 e. The van der Waals surface area contributed by atoms with Crippen LogP contribution < -0.4 is 10.6 Å². The molecule has 0 bridgehead atoms. The standard InChI is InChI=1S/C23H24N2O3/c1-14-6-10-16(11-7-14)20-23(18(26)4-3-5-19(23)27)21(25-22(28)24-20)17-12-8-15(2)9-13-17/h6-13,20-21H,3-5H2,1-2H3,(H2,24,25,28). The van der Waals surface area contributed by atoms with E-state index in [1.54, 1.807) is 0 Å². The average molecular weight is 376 g/mol. The predicted octanol–water partition coefficient (Wildman–Crippen LogP) is 3.71. The van der Waals surface area contributed by atoms with Crippen LogP contribution in [0.2, 0.25) is 0 Å². The maximum absolute atomic E-state index is 13.4. The van der Waals surface area contributed by atoms with E-state index in [1.165, 1.54) is 0 Å². The minimum atomic E-state index is -1.34. The lowest BCUT2D eigenvalue weighted by Gasteiger charge is -2.49. The van der Waals surface area contributed by atoms with Crippen molar-refractivity contribution in [3.63, 3.8) is 0 Å². The molecular weight excluding hydrogens is 352 g/mol. The Morgan fingerprint density at radius 3 is 1.50 bits per heavy atom. The summed E-state index contributed by atoms with van der Waals surface area (Å²) in [5.74, 6) is -0.209. The minimum absolute atomic E-state index is 0.104. The molecule has 2 unspecified atom stereocenters. The number of benzene rings is 2. The molecule has 2 aromatic carbocycles. The maximum atomic E-state index is 13.4. The first kappa shape index (κ1) is 18.4. The molecule has 2 aliphatic rings. The number of Topliss-reactive ketones (excluding diaryl/α,β-unsaturated/α-hetero) is 2. The normalized spacial score (nSPS) is 24.0. The molecule has 1 aliphatic carbocycles. The van der Waals surface area contributed by atoms with E-state index in [0.29, 0.717) is 19.3 Å². The van der Waals surface area contributed by atoms with Crippen LogP contribution in [0, 0.1) is 19.3 Å². The van der Waals surface area contributed by atoms with Crippen LogP contribution in [0.25, 0.3) is 0 Å². The highest BCUT2D eigenvalue weighted by molar-refractivity contribution is 6.12. The van der Waals surface area contributed by atoms with Gasteiger partial charge in [0, 0.05) is 12.8 Å². The molecule has 0 radical (unpaired) electrons. The Labute approximate surface area is 164 Å². The van der Waals surface area contributed by atoms with E-state index in [4.69, 9.17) is 0 Å². The molecule has 28 heavy (non-hydrogen) atoms. The number of hydrogen-bond acceptors (Lipinski definition) is 3. The molecule has 1 aliphatic heterocycles. The number of ketones is 2. The molecule has 5 heteroatoms. The van der Waals surface area contributed by atoms with Crippen molar-refractivity contribution in [3.05, 3.63) is 70.8 Å². The quantitative estimate of drug-likeness (QED) is 0.785. The number of rotatable bonds is 2. The lowest BCUT2D eigenvalue weighted by atomic mass is 9.59. The largest absolute Gasteiger partial charge is 0.330 e. The Hall–Kier alpha value is -2.95. The van der Waals surface area contributed by atoms with Crippen molar-refractivity contribution in [2.45, 2.75) is 45.2 Å². The zero-order valence-electron chi connectivity index (χ0n) is 16.1. The average Bonchev–Trinajstić information content (AvgIpc) is 2.67. The highest BCUT2D eigenvalue weighted by atomic mass is 16.2. The van der Waals surface area contributed by atoms with Gasteiger partial charge in [-0.1, -0.05) is 59.7 Å². The molecule has 4 rings (SSSR count). The van der Waals surface area contributed by atoms with E-state index < -0.39 is 17.5 Å². The van der Waals surface area contributed by atoms with E-state index in [2.05, 4.69) is 10.6 Å². The molecule has 1 heterocycles. The van der Waals surface area contributed by atoms with Gasteiger partial charge in [-0.15, -0.1) is 0 Å². The fraction of sp³-hybridized carbons (Fsp3) is 0.348. The summed E-state index contributed by atoms with van der Waals surface area (Å²) in [5, 5.41) is 5.79. The van der Waals surface area contributed by atoms with Gasteiger partial charge in [-0.2, -0.15) is 0 Å². The molecule has 2 N–H and O–H groups in total. The predicted molar refractivity (Wildman–Crippen MR) is 106 cm³/mol. The topological polar surface area (TPSA) is 75.3 Å². The Morgan fingerprint density at radius 2 is 1.11 bits per heavy atom. The SMILES string of the molecule is Cc1ccc(C2NC(=O)NC(c3ccc(C)cc3)C23C(=O)CCCC3=O)cc1. The number of hydrogen-bond donors (Lipinski definition) is 2. The summed E-state index contributed by atoms with van der Waals surface area (Å²) < 4.78 is 0. The Morgan fingerprint density at radius 1 is 0.714 bits per heavy atom. The van der Waals surface area contributed by atoms with Crippen molar-refractivity contribution in [2.24, 2.45) is 5.41 Å². The maximum Gasteiger partial charge on any atom is 0.315 e. The van der Waals surface area contributed by atoms with Gasteiger partial charge in [-0.05, 0) is 31.4 Å². The zero-order valence-corrected chi connectivity index (χ0v) is 16.1. The number of carbonyl (C=O) groups is 3. The van der Waals surface area contributed by atoms with Gasteiger partial charge in [-0.25, -0.2) is 4.79 Å². The third kappa shape index (κ3) is 2.82. The third-order valence-corrected chi connectivity index (χ3v) is 6.01. The van der Waals surface area contributed by atoms with Gasteiger partial charge in [-0.3, -0.25) is 9.59 Å². The van der Waals surface area contributed by atoms with Gasteiger partial charge < -0.3 is 10.6 Å². The first-order valence-corrected chi connectivity index (χ1v) is 9.69. The van der Waals surface area contributed by atoms with Crippen molar-refractivity contribution < 1.29 is 14.4 Å². The summed E-state index contributed by atoms with van der Waals surface area (Å²) >= 11 is 0. The highest BCUT2D eigenvalue weighted by Crippen LogP contribution is 2.51. The lowest BCUT2D eigenvalue weighted by molar-refractivity contribution is -0.149. The summed E-state index contributed by atoms with van der Waals surface area (Å²) in [4.78, 5) is 39.3. The first-order valence-electron chi connectivity index (χ1n) is 9.69. The molecule has 1 spiro atoms. The monoisotopic (exact) mass is 376 g/mol. The summed E-state index contributed by atoms with van der Waals surface area (Å²) in [6.07, 6.45) is 1.25. The van der Waals surface area contributed by atoms with E-state index in [9.17, 15) is 14.4 Å². The second-order valence-corrected chi connectivity index (χ2v) is 7.87. The van der Waals surface area contributed by atoms with Crippen LogP contribution in [-0.4, -0.2) is 17.6 Å². The Balaban J connectivity index is 1.92. The van der Waals surface area contributed by atoms with Gasteiger partial charge in [0.2, 0.25) is 0 Å². The second kappa shape index (κ2) is 6.89. The molecule has 144 valence electrons. The number of urea groups is 1. The van der Waals surface area contributed by atoms with Gasteiger partial charge in [0.25, 0.3) is 0 Å². The van der Waals surface area contributed by atoms with E-state index >= 15 is 0 Å². The number of carbonyl (C=O) groups excluding carboxylic acids is 3. The molecular formula is C23H24N2O3. The van der Waals surface area contributed by atoms with E-state index in [0.717, 1.165) is 22.3 Å². The van der Waals surface area contributed by atoms with Gasteiger partial charge in [0.15, 0.2) is 11.6 Å². The van der Waals surface area contributed by atoms with Crippen LogP contribution >= 0.6 is 0 Å². The van der Waals surface area contributed by atoms with Crippen LogP contribution in [0.3, 0.4) is 0 Å². The fourth-order valence-electron chi connectivity index (χ4n) is 4.53. The van der Waals surface area contributed by atoms with Crippen LogP contribution in [0.4, 0.5) is 4.79 Å². The van der Waals surface area contributed by atoms with E-state index in [1.807, 2.05) is 62.4 Å². The van der Waals surface area contributed by atoms with Crippen molar-refractivity contribution in [3.8, 4) is 0 Å². The minimum Gasteiger partial charge on any atom is -0.330 e. The van der Waals surface area contributed by atoms with Crippen molar-refractivity contribution in [1.82, 2.24) is 10.6 Å². The Kier molecular flexibility index (Phi) is 4.53. The van der Waals surface area contributed by atoms with E-state index in [-0.39, 0.29) is 17.6 Å². The summed E-state index contributed by atoms with van der Waals surface area (Å²) in [5.41, 5.74) is 2.38. The number of aryl methyl sites for hydroxylation is 2. The first-order chi connectivity index (χ1) is 13.4. The molecule has 1 saturated carbocycles. The summed E-state index contributed by atoms with van der Waals surface area (Å²) in [6.45, 7) is 3.96. The van der Waals surface area contributed by atoms with Crippen molar-refractivity contribution in [1.29, 1.82) is 0 Å². The fourth-order valence-corrected chi connectivity index (χ4v) is 4.53. The van der Waals surface area contributed by atoms with Crippen LogP contribution in [0.5, 0.6) is 0 Å². The number of nitrogens with one attached hydrogen (secondary N) is 2. The summed E-state index contributed by atoms with van der Waals surface area (Å²) in [7, 11) is 0. The van der Waals surface area contributed by atoms with Crippen molar-refractivity contribution in [2.75, 3.05) is 0 Å². The molecule has 0 aromatic heterocycles. The number of amides is 2. The second-order valence-electron chi connectivity index (χ2n) is 7.87. The highest BCUT2D eigenvalue weighted by Gasteiger charge is 2.61. The van der Waals surface area contributed by atoms with Crippen molar-refractivity contribution >= 4 is 17.6 Å². The summed E-state index contributed by atoms with van der Waals surface area (Å²) in [6, 6.07) is 13.6. The third-order valence-electron chi connectivity index (χ3n) is 6.01. The molecule has 2 aromatic rings. The molecule has 1 saturated heterocycles. The molecule has 2 atom stereocenters. The van der Waals surface area contributed by atoms with Gasteiger partial charge in [0.05, 0.1) is 12.1 Å². The Bertz CT molecular complexity index is 856. The zero-order chi connectivity index (χ0) is 19.9. The molecule has 5 nitrogen and oxygen atoms in total. The van der Waals surface area contributed by atoms with Gasteiger partial charge >= 0.3 is 6.03 Å². The van der Waals surface area contributed by atoms with Crippen LogP contribution in [0.1, 0.15) is 53.6 Å². The molecule has 2 amide bonds. The van der Waals surface area contributed by atoms with Crippen LogP contribution in [-0.2, 0) is 9.59 Å². The molecule has 2 fully saturated rings.